The largest absolute Gasteiger partial charge is 0.273 e. The molecule has 1 aromatic carbocycles. The minimum absolute atomic E-state index is 0.0902. The van der Waals surface area contributed by atoms with E-state index >= 15 is 0 Å². The van der Waals surface area contributed by atoms with Gasteiger partial charge in [-0.15, -0.1) is 0 Å². The first kappa shape index (κ1) is 11.2. The molecule has 1 rings (SSSR count). The van der Waals surface area contributed by atoms with Crippen molar-refractivity contribution >= 4 is 27.3 Å². The van der Waals surface area contributed by atoms with Crippen molar-refractivity contribution in [3.8, 4) is 12.1 Å². The molecule has 0 aliphatic rings. The van der Waals surface area contributed by atoms with Gasteiger partial charge in [0.2, 0.25) is 5.71 Å². The van der Waals surface area contributed by atoms with Crippen molar-refractivity contribution in [2.24, 2.45) is 5.10 Å². The molecule has 0 saturated carbocycles. The first-order chi connectivity index (χ1) is 7.19. The van der Waals surface area contributed by atoms with Gasteiger partial charge >= 0.3 is 0 Å². The van der Waals surface area contributed by atoms with Crippen LogP contribution in [0.2, 0.25) is 0 Å². The lowest BCUT2D eigenvalue weighted by Gasteiger charge is -2.02. The number of rotatable bonds is 2. The topological polar surface area (TPSA) is 72.0 Å². The van der Waals surface area contributed by atoms with E-state index in [0.29, 0.717) is 0 Å². The Hall–Kier alpha value is -1.92. The van der Waals surface area contributed by atoms with Crippen LogP contribution in [0.15, 0.2) is 27.8 Å². The van der Waals surface area contributed by atoms with Gasteiger partial charge in [-0.1, -0.05) is 6.07 Å². The maximum atomic E-state index is 13.3. The molecular weight excluding hydrogens is 263 g/mol. The molecule has 0 aliphatic carbocycles. The molecular formula is C9H4BrFN4. The molecule has 0 unspecified atom stereocenters. The van der Waals surface area contributed by atoms with Gasteiger partial charge in [0.1, 0.15) is 12.1 Å². The van der Waals surface area contributed by atoms with Crippen LogP contribution in [0.25, 0.3) is 0 Å². The van der Waals surface area contributed by atoms with Crippen LogP contribution in [0.1, 0.15) is 0 Å². The lowest BCUT2D eigenvalue weighted by atomic mass is 10.3. The first-order valence-electron chi connectivity index (χ1n) is 3.77. The molecule has 0 heterocycles. The van der Waals surface area contributed by atoms with Gasteiger partial charge in [0.05, 0.1) is 10.2 Å². The molecule has 6 heteroatoms. The monoisotopic (exact) mass is 266 g/mol. The van der Waals surface area contributed by atoms with Crippen LogP contribution in [0, 0.1) is 28.5 Å². The zero-order chi connectivity index (χ0) is 11.3. The first-order valence-corrected chi connectivity index (χ1v) is 4.56. The fourth-order valence-electron chi connectivity index (χ4n) is 0.781. The van der Waals surface area contributed by atoms with Crippen LogP contribution in [0.3, 0.4) is 0 Å². The summed E-state index contributed by atoms with van der Waals surface area (Å²) in [5, 5.41) is 20.2. The number of nitrogens with one attached hydrogen (secondary N) is 1. The average molecular weight is 267 g/mol. The summed E-state index contributed by atoms with van der Waals surface area (Å²) in [6.45, 7) is 0. The summed E-state index contributed by atoms with van der Waals surface area (Å²) in [4.78, 5) is 0. The second-order valence-corrected chi connectivity index (χ2v) is 3.25. The van der Waals surface area contributed by atoms with Gasteiger partial charge in [0.25, 0.3) is 0 Å². The second-order valence-electron chi connectivity index (χ2n) is 2.40. The molecule has 1 N–H and O–H groups in total. The molecule has 0 atom stereocenters. The molecule has 0 amide bonds. The van der Waals surface area contributed by atoms with E-state index in [1.54, 1.807) is 18.2 Å². The van der Waals surface area contributed by atoms with E-state index in [-0.39, 0.29) is 15.9 Å². The van der Waals surface area contributed by atoms with Crippen LogP contribution in [0.4, 0.5) is 10.1 Å². The van der Waals surface area contributed by atoms with Crippen LogP contribution < -0.4 is 5.43 Å². The quantitative estimate of drug-likeness (QED) is 0.660. The number of hydrazone groups is 1. The van der Waals surface area contributed by atoms with Crippen molar-refractivity contribution in [3.05, 3.63) is 28.5 Å². The molecule has 74 valence electrons. The Labute approximate surface area is 93.8 Å². The van der Waals surface area contributed by atoms with Gasteiger partial charge in [0, 0.05) is 0 Å². The Morgan fingerprint density at radius 1 is 1.40 bits per heavy atom. The SMILES string of the molecule is N#CC(C#N)=NNc1cccc(Br)c1F. The molecule has 1 aromatic rings. The van der Waals surface area contributed by atoms with Crippen molar-refractivity contribution in [2.75, 3.05) is 5.43 Å². The Bertz CT molecular complexity index is 468. The van der Waals surface area contributed by atoms with Crippen molar-refractivity contribution in [1.29, 1.82) is 10.5 Å². The van der Waals surface area contributed by atoms with Gasteiger partial charge < -0.3 is 0 Å². The van der Waals surface area contributed by atoms with E-state index in [4.69, 9.17) is 10.5 Å². The molecule has 0 spiro atoms. The maximum Gasteiger partial charge on any atom is 0.237 e. The zero-order valence-electron chi connectivity index (χ0n) is 7.33. The predicted molar refractivity (Wildman–Crippen MR) is 56.4 cm³/mol. The highest BCUT2D eigenvalue weighted by Gasteiger charge is 2.04. The van der Waals surface area contributed by atoms with Gasteiger partial charge in [-0.25, -0.2) is 4.39 Å². The highest BCUT2D eigenvalue weighted by Crippen LogP contribution is 2.22. The lowest BCUT2D eigenvalue weighted by Crippen LogP contribution is -1.98. The summed E-state index contributed by atoms with van der Waals surface area (Å²) in [5.41, 5.74) is 2.02. The van der Waals surface area contributed by atoms with E-state index in [9.17, 15) is 4.39 Å². The summed E-state index contributed by atoms with van der Waals surface area (Å²) in [7, 11) is 0. The fourth-order valence-corrected chi connectivity index (χ4v) is 1.15. The van der Waals surface area contributed by atoms with Crippen molar-refractivity contribution in [1.82, 2.24) is 0 Å². The molecule has 0 aromatic heterocycles. The Balaban J connectivity index is 2.93. The lowest BCUT2D eigenvalue weighted by molar-refractivity contribution is 0.624. The summed E-state index contributed by atoms with van der Waals surface area (Å²) in [6, 6.07) is 7.67. The molecule has 0 bridgehead atoms. The molecule has 0 fully saturated rings. The zero-order valence-corrected chi connectivity index (χ0v) is 8.92. The van der Waals surface area contributed by atoms with Gasteiger partial charge in [-0.05, 0) is 28.1 Å². The molecule has 15 heavy (non-hydrogen) atoms. The van der Waals surface area contributed by atoms with E-state index in [2.05, 4.69) is 26.5 Å². The van der Waals surface area contributed by atoms with E-state index < -0.39 is 5.82 Å². The second kappa shape index (κ2) is 5.08. The number of benzene rings is 1. The minimum atomic E-state index is -0.531. The van der Waals surface area contributed by atoms with E-state index in [1.165, 1.54) is 12.1 Å². The number of nitriles is 2. The van der Waals surface area contributed by atoms with E-state index in [0.717, 1.165) is 0 Å². The summed E-state index contributed by atoms with van der Waals surface area (Å²) < 4.78 is 13.6. The third-order valence-corrected chi connectivity index (χ3v) is 2.06. The standard InChI is InChI=1S/C9H4BrFN4/c10-7-2-1-3-8(9(7)11)15-14-6(4-12)5-13/h1-3,15H. The van der Waals surface area contributed by atoms with Gasteiger partial charge in [-0.3, -0.25) is 5.43 Å². The van der Waals surface area contributed by atoms with Crippen molar-refractivity contribution in [3.63, 3.8) is 0 Å². The number of nitrogens with zero attached hydrogens (tertiary/aromatic N) is 3. The normalized spacial score (nSPS) is 8.53. The molecule has 0 radical (unpaired) electrons. The Morgan fingerprint density at radius 3 is 2.67 bits per heavy atom. The number of anilines is 1. The summed E-state index contributed by atoms with van der Waals surface area (Å²) in [6.07, 6.45) is 0. The van der Waals surface area contributed by atoms with Crippen LogP contribution in [-0.2, 0) is 0 Å². The van der Waals surface area contributed by atoms with Crippen LogP contribution >= 0.6 is 15.9 Å². The third-order valence-electron chi connectivity index (χ3n) is 1.45. The van der Waals surface area contributed by atoms with Gasteiger partial charge in [0.15, 0.2) is 5.82 Å². The van der Waals surface area contributed by atoms with Gasteiger partial charge in [-0.2, -0.15) is 15.6 Å². The number of hydrogen-bond acceptors (Lipinski definition) is 4. The Kier molecular flexibility index (Phi) is 3.78. The highest BCUT2D eigenvalue weighted by molar-refractivity contribution is 9.10. The molecule has 0 saturated heterocycles. The highest BCUT2D eigenvalue weighted by atomic mass is 79.9. The minimum Gasteiger partial charge on any atom is -0.273 e. The van der Waals surface area contributed by atoms with E-state index in [1.807, 2.05) is 0 Å². The Morgan fingerprint density at radius 2 is 2.07 bits per heavy atom. The molecule has 4 nitrogen and oxygen atoms in total. The number of hydrogen-bond donors (Lipinski definition) is 1. The summed E-state index contributed by atoms with van der Waals surface area (Å²) in [5.74, 6) is -0.531. The molecule has 0 aliphatic heterocycles. The van der Waals surface area contributed by atoms with Crippen LogP contribution in [-0.4, -0.2) is 5.71 Å². The fraction of sp³-hybridized carbons (Fsp3) is 0. The van der Waals surface area contributed by atoms with Crippen molar-refractivity contribution in [2.45, 2.75) is 0 Å². The summed E-state index contributed by atoms with van der Waals surface area (Å²) >= 11 is 2.99. The average Bonchev–Trinajstić information content (AvgIpc) is 2.25. The van der Waals surface area contributed by atoms with Crippen molar-refractivity contribution < 1.29 is 4.39 Å². The third kappa shape index (κ3) is 2.76. The predicted octanol–water partition coefficient (Wildman–Crippen LogP) is 2.40. The van der Waals surface area contributed by atoms with Crippen LogP contribution in [0.5, 0.6) is 0 Å². The maximum absolute atomic E-state index is 13.3. The number of halogens is 2. The smallest absolute Gasteiger partial charge is 0.237 e.